The maximum Gasteiger partial charge on any atom is 0.255 e. The number of hydrogen-bond donors (Lipinski definition) is 1. The molecule has 0 saturated heterocycles. The lowest BCUT2D eigenvalue weighted by Crippen LogP contribution is -2.62. The third-order valence-corrected chi connectivity index (χ3v) is 5.86. The first kappa shape index (κ1) is 18.5. The van der Waals surface area contributed by atoms with Crippen LogP contribution in [0.1, 0.15) is 41.3 Å². The highest BCUT2D eigenvalue weighted by Crippen LogP contribution is 2.37. The molecule has 1 unspecified atom stereocenters. The van der Waals surface area contributed by atoms with Gasteiger partial charge in [0.25, 0.3) is 5.91 Å². The summed E-state index contributed by atoms with van der Waals surface area (Å²) in [5, 5.41) is 3.05. The van der Waals surface area contributed by atoms with Gasteiger partial charge in [0.05, 0.1) is 7.11 Å². The van der Waals surface area contributed by atoms with Crippen LogP contribution in [-0.4, -0.2) is 35.9 Å². The average molecular weight is 378 g/mol. The topological polar surface area (TPSA) is 58.6 Å². The van der Waals surface area contributed by atoms with E-state index in [0.29, 0.717) is 25.4 Å². The highest BCUT2D eigenvalue weighted by atomic mass is 16.5. The second-order valence-corrected chi connectivity index (χ2v) is 8.00. The number of nitrogens with zero attached hydrogens (tertiary/aromatic N) is 1. The van der Waals surface area contributed by atoms with E-state index in [9.17, 15) is 9.59 Å². The summed E-state index contributed by atoms with van der Waals surface area (Å²) in [4.78, 5) is 28.2. The minimum Gasteiger partial charge on any atom is -0.497 e. The van der Waals surface area contributed by atoms with E-state index in [1.807, 2.05) is 55.5 Å². The van der Waals surface area contributed by atoms with E-state index >= 15 is 0 Å². The zero-order valence-electron chi connectivity index (χ0n) is 16.4. The van der Waals surface area contributed by atoms with Gasteiger partial charge in [-0.1, -0.05) is 30.3 Å². The summed E-state index contributed by atoms with van der Waals surface area (Å²) >= 11 is 0. The number of methoxy groups -OCH3 is 1. The highest BCUT2D eigenvalue weighted by Gasteiger charge is 2.48. The lowest BCUT2D eigenvalue weighted by atomic mass is 9.82. The molecule has 1 aliphatic carbocycles. The molecule has 1 atom stereocenters. The first-order valence-electron chi connectivity index (χ1n) is 9.82. The van der Waals surface area contributed by atoms with Crippen molar-refractivity contribution in [3.05, 3.63) is 65.2 Å². The van der Waals surface area contributed by atoms with Crippen molar-refractivity contribution in [1.29, 1.82) is 0 Å². The number of rotatable bonds is 6. The lowest BCUT2D eigenvalue weighted by Gasteiger charge is -2.44. The summed E-state index contributed by atoms with van der Waals surface area (Å²) in [6.07, 6.45) is 2.81. The Hall–Kier alpha value is -2.82. The van der Waals surface area contributed by atoms with Crippen LogP contribution in [0.4, 0.5) is 0 Å². The maximum absolute atomic E-state index is 13.3. The van der Waals surface area contributed by atoms with Crippen LogP contribution in [0.25, 0.3) is 0 Å². The van der Waals surface area contributed by atoms with Gasteiger partial charge in [-0.15, -0.1) is 0 Å². The van der Waals surface area contributed by atoms with Crippen LogP contribution in [0, 0.1) is 5.92 Å². The van der Waals surface area contributed by atoms with E-state index in [-0.39, 0.29) is 11.8 Å². The van der Waals surface area contributed by atoms with Crippen molar-refractivity contribution in [3.8, 4) is 5.75 Å². The third-order valence-electron chi connectivity index (χ3n) is 5.86. The van der Waals surface area contributed by atoms with Gasteiger partial charge in [0, 0.05) is 25.1 Å². The predicted molar refractivity (Wildman–Crippen MR) is 107 cm³/mol. The van der Waals surface area contributed by atoms with Crippen molar-refractivity contribution in [1.82, 2.24) is 10.2 Å². The van der Waals surface area contributed by atoms with Crippen molar-refractivity contribution in [2.45, 2.75) is 38.3 Å². The molecule has 1 heterocycles. The molecule has 5 nitrogen and oxygen atoms in total. The number of benzene rings is 2. The minimum atomic E-state index is -0.875. The van der Waals surface area contributed by atoms with Crippen molar-refractivity contribution < 1.29 is 14.3 Å². The largest absolute Gasteiger partial charge is 0.497 e. The van der Waals surface area contributed by atoms with Gasteiger partial charge in [-0.05, 0) is 55.0 Å². The van der Waals surface area contributed by atoms with E-state index in [2.05, 4.69) is 5.32 Å². The van der Waals surface area contributed by atoms with Gasteiger partial charge in [-0.3, -0.25) is 9.59 Å². The summed E-state index contributed by atoms with van der Waals surface area (Å²) in [6.45, 7) is 2.97. The zero-order chi connectivity index (χ0) is 19.7. The molecule has 5 heteroatoms. The van der Waals surface area contributed by atoms with Crippen molar-refractivity contribution in [2.24, 2.45) is 5.92 Å². The molecule has 1 fully saturated rings. The second kappa shape index (κ2) is 7.30. The van der Waals surface area contributed by atoms with E-state index in [1.165, 1.54) is 0 Å². The Morgan fingerprint density at radius 1 is 1.18 bits per heavy atom. The molecule has 1 saturated carbocycles. The summed E-state index contributed by atoms with van der Waals surface area (Å²) in [5.41, 5.74) is 1.79. The first-order chi connectivity index (χ1) is 13.5. The smallest absolute Gasteiger partial charge is 0.255 e. The lowest BCUT2D eigenvalue weighted by molar-refractivity contribution is -0.132. The van der Waals surface area contributed by atoms with Gasteiger partial charge in [0.1, 0.15) is 11.3 Å². The summed E-state index contributed by atoms with van der Waals surface area (Å²) < 4.78 is 5.18. The van der Waals surface area contributed by atoms with Crippen LogP contribution >= 0.6 is 0 Å². The SMILES string of the molecule is COc1ccc(CNC(=O)C2(C)Cc3ccccc3C(=O)N2CC2CC2)cc1. The van der Waals surface area contributed by atoms with Gasteiger partial charge >= 0.3 is 0 Å². The molecular formula is C23H26N2O3. The van der Waals surface area contributed by atoms with E-state index in [1.54, 1.807) is 12.0 Å². The van der Waals surface area contributed by atoms with Crippen LogP contribution in [0.3, 0.4) is 0 Å². The molecule has 1 N–H and O–H groups in total. The number of hydrogen-bond acceptors (Lipinski definition) is 3. The van der Waals surface area contributed by atoms with E-state index < -0.39 is 5.54 Å². The van der Waals surface area contributed by atoms with E-state index in [0.717, 1.165) is 35.3 Å². The Morgan fingerprint density at radius 3 is 2.57 bits per heavy atom. The molecule has 146 valence electrons. The van der Waals surface area contributed by atoms with Gasteiger partial charge in [0.2, 0.25) is 5.91 Å². The van der Waals surface area contributed by atoms with Gasteiger partial charge in [-0.2, -0.15) is 0 Å². The molecular weight excluding hydrogens is 352 g/mol. The summed E-state index contributed by atoms with van der Waals surface area (Å²) in [7, 11) is 1.63. The number of carbonyl (C=O) groups is 2. The highest BCUT2D eigenvalue weighted by molar-refractivity contribution is 6.02. The Labute approximate surface area is 165 Å². The molecule has 0 aromatic heterocycles. The fourth-order valence-electron chi connectivity index (χ4n) is 3.88. The van der Waals surface area contributed by atoms with Crippen LogP contribution in [-0.2, 0) is 17.8 Å². The Balaban J connectivity index is 1.55. The molecule has 2 aromatic rings. The maximum atomic E-state index is 13.3. The molecule has 1 aliphatic heterocycles. The Morgan fingerprint density at radius 2 is 1.89 bits per heavy atom. The number of fused-ring (bicyclic) bond motifs is 1. The Kier molecular flexibility index (Phi) is 4.84. The predicted octanol–water partition coefficient (Wildman–Crippen LogP) is 3.18. The molecule has 2 aromatic carbocycles. The molecule has 0 radical (unpaired) electrons. The number of ether oxygens (including phenoxy) is 1. The van der Waals surface area contributed by atoms with Gasteiger partial charge in [0.15, 0.2) is 0 Å². The molecule has 2 amide bonds. The molecule has 0 spiro atoms. The van der Waals surface area contributed by atoms with E-state index in [4.69, 9.17) is 4.74 Å². The molecule has 2 aliphatic rings. The fraction of sp³-hybridized carbons (Fsp3) is 0.391. The zero-order valence-corrected chi connectivity index (χ0v) is 16.4. The monoisotopic (exact) mass is 378 g/mol. The summed E-state index contributed by atoms with van der Waals surface area (Å²) in [6, 6.07) is 15.3. The van der Waals surface area contributed by atoms with Crippen LogP contribution in [0.15, 0.2) is 48.5 Å². The Bertz CT molecular complexity index is 889. The van der Waals surface area contributed by atoms with Gasteiger partial charge < -0.3 is 15.0 Å². The number of carbonyl (C=O) groups excluding carboxylic acids is 2. The number of amides is 2. The quantitative estimate of drug-likeness (QED) is 0.840. The first-order valence-corrected chi connectivity index (χ1v) is 9.82. The van der Waals surface area contributed by atoms with Crippen LogP contribution < -0.4 is 10.1 Å². The van der Waals surface area contributed by atoms with Crippen molar-refractivity contribution in [2.75, 3.05) is 13.7 Å². The van der Waals surface area contributed by atoms with Crippen molar-refractivity contribution >= 4 is 11.8 Å². The molecule has 0 bridgehead atoms. The van der Waals surface area contributed by atoms with Crippen LogP contribution in [0.5, 0.6) is 5.75 Å². The normalized spacial score (nSPS) is 21.2. The van der Waals surface area contributed by atoms with Crippen LogP contribution in [0.2, 0.25) is 0 Å². The third kappa shape index (κ3) is 3.49. The summed E-state index contributed by atoms with van der Waals surface area (Å²) in [5.74, 6) is 1.16. The standard InChI is InChI=1S/C23H26N2O3/c1-23(22(27)24-14-16-9-11-19(28-2)12-10-16)13-18-5-3-4-6-20(18)21(26)25(23)15-17-7-8-17/h3-6,9-12,17H,7-8,13-15H2,1-2H3,(H,24,27). The fourth-order valence-corrected chi connectivity index (χ4v) is 3.88. The average Bonchev–Trinajstić information content (AvgIpc) is 3.54. The van der Waals surface area contributed by atoms with Crippen molar-refractivity contribution in [3.63, 3.8) is 0 Å². The number of nitrogens with one attached hydrogen (secondary N) is 1. The minimum absolute atomic E-state index is 0.0316. The second-order valence-electron chi connectivity index (χ2n) is 8.00. The molecule has 4 rings (SSSR count). The van der Waals surface area contributed by atoms with Gasteiger partial charge in [-0.25, -0.2) is 0 Å². The molecule has 28 heavy (non-hydrogen) atoms.